The predicted octanol–water partition coefficient (Wildman–Crippen LogP) is 4.06. The fourth-order valence-electron chi connectivity index (χ4n) is 3.92. The normalized spacial score (nSPS) is 12.0. The van der Waals surface area contributed by atoms with E-state index in [0.717, 1.165) is 36.4 Å². The molecule has 39 heavy (non-hydrogen) atoms. The summed E-state index contributed by atoms with van der Waals surface area (Å²) in [5.41, 5.74) is 3.12. The van der Waals surface area contributed by atoms with Gasteiger partial charge in [0, 0.05) is 24.3 Å². The van der Waals surface area contributed by atoms with E-state index < -0.39 is 69.3 Å². The summed E-state index contributed by atoms with van der Waals surface area (Å²) in [6.45, 7) is 4.09. The highest BCUT2D eigenvalue weighted by atomic mass is 19.1. The Balaban J connectivity index is 1.79. The maximum Gasteiger partial charge on any atom is 0.320 e. The Labute approximate surface area is 221 Å². The molecule has 0 saturated carbocycles. The van der Waals surface area contributed by atoms with Crippen LogP contribution >= 0.6 is 0 Å². The molecule has 1 aromatic heterocycles. The van der Waals surface area contributed by atoms with Gasteiger partial charge in [-0.1, -0.05) is 13.8 Å². The van der Waals surface area contributed by atoms with Crippen LogP contribution in [0.2, 0.25) is 0 Å². The van der Waals surface area contributed by atoms with Crippen molar-refractivity contribution < 1.29 is 37.0 Å². The number of pyridine rings is 1. The Bertz CT molecular complexity index is 1420. The number of carbonyl (C=O) groups is 2. The summed E-state index contributed by atoms with van der Waals surface area (Å²) in [5.74, 6) is -7.22. The average Bonchev–Trinajstić information content (AvgIpc) is 2.84. The van der Waals surface area contributed by atoms with Crippen LogP contribution in [0.1, 0.15) is 42.6 Å². The van der Waals surface area contributed by atoms with Crippen molar-refractivity contribution in [3.05, 3.63) is 87.2 Å². The summed E-state index contributed by atoms with van der Waals surface area (Å²) in [6.07, 6.45) is 0.769. The van der Waals surface area contributed by atoms with Gasteiger partial charge in [0.25, 0.3) is 5.56 Å². The minimum absolute atomic E-state index is 0.00848. The van der Waals surface area contributed by atoms with Gasteiger partial charge in [-0.15, -0.1) is 0 Å². The van der Waals surface area contributed by atoms with Crippen molar-refractivity contribution in [2.24, 2.45) is 5.92 Å². The number of carboxylic acid groups (broad SMARTS) is 1. The second kappa shape index (κ2) is 12.6. The van der Waals surface area contributed by atoms with Crippen LogP contribution in [0.4, 0.5) is 23.4 Å². The number of hydrogen-bond acceptors (Lipinski definition) is 6. The Morgan fingerprint density at radius 2 is 1.64 bits per heavy atom. The van der Waals surface area contributed by atoms with Crippen LogP contribution < -0.4 is 21.3 Å². The molecule has 0 fully saturated rings. The molecule has 0 aliphatic heterocycles. The molecule has 0 aliphatic carbocycles. The highest BCUT2D eigenvalue weighted by Crippen LogP contribution is 2.27. The molecule has 2 aromatic carbocycles. The van der Waals surface area contributed by atoms with Crippen LogP contribution in [0, 0.1) is 29.2 Å². The van der Waals surface area contributed by atoms with Crippen LogP contribution in [0.5, 0.6) is 5.75 Å². The number of benzene rings is 2. The monoisotopic (exact) mass is 549 g/mol. The maximum atomic E-state index is 15.0. The van der Waals surface area contributed by atoms with Crippen LogP contribution in [0.15, 0.2) is 47.3 Å². The first kappa shape index (κ1) is 29.4. The summed E-state index contributed by atoms with van der Waals surface area (Å²) in [4.78, 5) is 36.6. The lowest BCUT2D eigenvalue weighted by Crippen LogP contribution is -2.38. The third-order valence-electron chi connectivity index (χ3n) is 5.75. The molecule has 0 amide bonds. The van der Waals surface area contributed by atoms with Crippen molar-refractivity contribution in [1.29, 1.82) is 0 Å². The van der Waals surface area contributed by atoms with Crippen molar-refractivity contribution >= 4 is 17.6 Å². The number of nitrogens with two attached hydrogens (primary N) is 1. The summed E-state index contributed by atoms with van der Waals surface area (Å²) >= 11 is 0. The number of halogens is 4. The molecule has 3 rings (SSSR count). The zero-order chi connectivity index (χ0) is 28.9. The van der Waals surface area contributed by atoms with Gasteiger partial charge < -0.3 is 20.9 Å². The van der Waals surface area contributed by atoms with E-state index in [9.17, 15) is 28.3 Å². The topological polar surface area (TPSA) is 124 Å². The number of aromatic nitrogens is 1. The second-order valence-corrected chi connectivity index (χ2v) is 9.17. The van der Waals surface area contributed by atoms with Crippen molar-refractivity contribution in [2.75, 3.05) is 18.9 Å². The fraction of sp³-hybridized carbons (Fsp3) is 0.296. The molecular weight excluding hydrogens is 522 g/mol. The molecule has 0 saturated heterocycles. The molecule has 4 N–H and O–H groups in total. The first-order chi connectivity index (χ1) is 18.4. The minimum Gasteiger partial charge on any atom is -0.493 e. The summed E-state index contributed by atoms with van der Waals surface area (Å²) in [7, 11) is 0. The highest BCUT2D eigenvalue weighted by Gasteiger charge is 2.24. The van der Waals surface area contributed by atoms with Crippen molar-refractivity contribution in [3.8, 4) is 11.4 Å². The number of hydrogen-bond donors (Lipinski definition) is 3. The van der Waals surface area contributed by atoms with Gasteiger partial charge in [0.2, 0.25) is 0 Å². The van der Waals surface area contributed by atoms with Crippen LogP contribution in [0.3, 0.4) is 0 Å². The SMILES string of the molecule is CC(C)C[C@H](NCCCOc1cc(F)c(-n2c(N)c(C(=O)c3ccc(F)cc3F)ccc2=O)c(F)c1)C(=O)O. The molecule has 3 aromatic rings. The van der Waals surface area contributed by atoms with Gasteiger partial charge in [0.15, 0.2) is 17.4 Å². The van der Waals surface area contributed by atoms with E-state index >= 15 is 8.78 Å². The third-order valence-corrected chi connectivity index (χ3v) is 5.75. The fourth-order valence-corrected chi connectivity index (χ4v) is 3.92. The van der Waals surface area contributed by atoms with Crippen molar-refractivity contribution in [2.45, 2.75) is 32.7 Å². The smallest absolute Gasteiger partial charge is 0.320 e. The number of ketones is 1. The van der Waals surface area contributed by atoms with Crippen LogP contribution in [-0.4, -0.2) is 40.6 Å². The van der Waals surface area contributed by atoms with E-state index in [2.05, 4.69) is 5.32 Å². The van der Waals surface area contributed by atoms with E-state index in [1.54, 1.807) is 0 Å². The second-order valence-electron chi connectivity index (χ2n) is 9.17. The first-order valence-corrected chi connectivity index (χ1v) is 12.0. The first-order valence-electron chi connectivity index (χ1n) is 12.0. The number of carbonyl (C=O) groups excluding carboxylic acids is 1. The number of rotatable bonds is 12. The lowest BCUT2D eigenvalue weighted by Gasteiger charge is -2.17. The van der Waals surface area contributed by atoms with Gasteiger partial charge >= 0.3 is 5.97 Å². The number of carboxylic acids is 1. The van der Waals surface area contributed by atoms with Crippen molar-refractivity contribution in [3.63, 3.8) is 0 Å². The van der Waals surface area contributed by atoms with Crippen LogP contribution in [-0.2, 0) is 4.79 Å². The molecular formula is C27H27F4N3O5. The molecule has 0 aliphatic rings. The van der Waals surface area contributed by atoms with Gasteiger partial charge in [-0.2, -0.15) is 0 Å². The molecule has 8 nitrogen and oxygen atoms in total. The molecule has 0 radical (unpaired) electrons. The quantitative estimate of drug-likeness (QED) is 0.177. The highest BCUT2D eigenvalue weighted by molar-refractivity contribution is 6.11. The van der Waals surface area contributed by atoms with E-state index in [1.807, 2.05) is 13.8 Å². The Kier molecular flexibility index (Phi) is 9.47. The summed E-state index contributed by atoms with van der Waals surface area (Å²) in [5, 5.41) is 12.1. The maximum absolute atomic E-state index is 15.0. The van der Waals surface area contributed by atoms with E-state index in [1.165, 1.54) is 0 Å². The molecule has 0 bridgehead atoms. The molecule has 208 valence electrons. The lowest BCUT2D eigenvalue weighted by molar-refractivity contribution is -0.139. The summed E-state index contributed by atoms with van der Waals surface area (Å²) in [6, 6.07) is 4.97. The molecule has 1 heterocycles. The van der Waals surface area contributed by atoms with Crippen molar-refractivity contribution in [1.82, 2.24) is 9.88 Å². The number of ether oxygens (including phenoxy) is 1. The molecule has 1 atom stereocenters. The third kappa shape index (κ3) is 7.02. The minimum atomic E-state index is -1.22. The number of nitrogen functional groups attached to an aromatic ring is 1. The standard InChI is InChI=1S/C27H27F4N3O5/c1-14(2)10-22(27(37)38)33-8-3-9-39-16-12-20(30)24(21(31)13-16)34-23(35)7-6-18(26(34)32)25(36)17-5-4-15(28)11-19(17)29/h4-7,11-14,22,33H,3,8-10,32H2,1-2H3,(H,37,38)/t22-/m0/s1. The Morgan fingerprint density at radius 3 is 2.23 bits per heavy atom. The van der Waals surface area contributed by atoms with Crippen LogP contribution in [0.25, 0.3) is 5.69 Å². The number of nitrogens with one attached hydrogen (secondary N) is 1. The van der Waals surface area contributed by atoms with Gasteiger partial charge in [0.05, 0.1) is 17.7 Å². The largest absolute Gasteiger partial charge is 0.493 e. The molecule has 0 unspecified atom stereocenters. The van der Waals surface area contributed by atoms with E-state index in [4.69, 9.17) is 10.5 Å². The number of nitrogens with zero attached hydrogens (tertiary/aromatic N) is 1. The zero-order valence-corrected chi connectivity index (χ0v) is 21.1. The zero-order valence-electron chi connectivity index (χ0n) is 21.1. The predicted molar refractivity (Wildman–Crippen MR) is 135 cm³/mol. The molecule has 0 spiro atoms. The van der Waals surface area contributed by atoms with Gasteiger partial charge in [-0.25, -0.2) is 17.6 Å². The average molecular weight is 550 g/mol. The van der Waals surface area contributed by atoms with Gasteiger partial charge in [-0.3, -0.25) is 19.0 Å². The lowest BCUT2D eigenvalue weighted by atomic mass is 10.0. The summed E-state index contributed by atoms with van der Waals surface area (Å²) < 4.78 is 63.2. The van der Waals surface area contributed by atoms with Gasteiger partial charge in [-0.05, 0) is 43.5 Å². The van der Waals surface area contributed by atoms with E-state index in [0.29, 0.717) is 23.5 Å². The van der Waals surface area contributed by atoms with Gasteiger partial charge in [0.1, 0.15) is 34.9 Å². The number of aliphatic carboxylic acids is 1. The molecule has 12 heteroatoms. The Morgan fingerprint density at radius 1 is 1.00 bits per heavy atom. The Hall–Kier alpha value is -4.19. The number of anilines is 1. The van der Waals surface area contributed by atoms with E-state index in [-0.39, 0.29) is 24.8 Å².